The van der Waals surface area contributed by atoms with Crippen molar-refractivity contribution >= 4 is 57.9 Å². The van der Waals surface area contributed by atoms with Crippen molar-refractivity contribution in [1.29, 1.82) is 0 Å². The number of hydrogen-bond acceptors (Lipinski definition) is 18. The van der Waals surface area contributed by atoms with Gasteiger partial charge in [0, 0.05) is 32.3 Å². The van der Waals surface area contributed by atoms with Gasteiger partial charge < -0.3 is 58.8 Å². The van der Waals surface area contributed by atoms with Gasteiger partial charge in [0.15, 0.2) is 12.0 Å². The van der Waals surface area contributed by atoms with Gasteiger partial charge in [-0.2, -0.15) is 0 Å². The Bertz CT molecular complexity index is 2420. The zero-order valence-corrected chi connectivity index (χ0v) is 37.9. The van der Waals surface area contributed by atoms with Crippen LogP contribution in [0.3, 0.4) is 0 Å². The Morgan fingerprint density at radius 3 is 2.24 bits per heavy atom. The molecule has 366 valence electrons. The topological polar surface area (TPSA) is 283 Å². The largest absolute Gasteiger partial charge is 0.484 e. The molecule has 0 saturated carbocycles. The summed E-state index contributed by atoms with van der Waals surface area (Å²) < 4.78 is 41.0. The van der Waals surface area contributed by atoms with Gasteiger partial charge >= 0.3 is 0 Å². The third-order valence-corrected chi connectivity index (χ3v) is 11.9. The summed E-state index contributed by atoms with van der Waals surface area (Å²) in [5.41, 5.74) is 7.87. The number of amides is 4. The molecule has 68 heavy (non-hydrogen) atoms. The minimum atomic E-state index is -1.46. The molecule has 5 heterocycles. The number of ketones is 1. The molecule has 2 aromatic heterocycles. The number of anilines is 1. The van der Waals surface area contributed by atoms with E-state index in [4.69, 9.17) is 50.5 Å². The first-order chi connectivity index (χ1) is 32.9. The Labute approximate surface area is 395 Å². The summed E-state index contributed by atoms with van der Waals surface area (Å²) >= 11 is 6.33. The van der Waals surface area contributed by atoms with Crippen molar-refractivity contribution < 1.29 is 72.5 Å². The Morgan fingerprint density at radius 2 is 1.54 bits per heavy atom. The number of nitrogens with two attached hydrogens (primary N) is 1. The van der Waals surface area contributed by atoms with Crippen LogP contribution in [0, 0.1) is 0 Å². The van der Waals surface area contributed by atoms with E-state index in [0.29, 0.717) is 107 Å². The number of halogens is 1. The van der Waals surface area contributed by atoms with Crippen molar-refractivity contribution in [3.05, 3.63) is 82.3 Å². The van der Waals surface area contributed by atoms with Gasteiger partial charge in [-0.1, -0.05) is 29.8 Å². The number of carbonyl (C=O) groups is 5. The van der Waals surface area contributed by atoms with Gasteiger partial charge in [-0.25, -0.2) is 9.97 Å². The van der Waals surface area contributed by atoms with Crippen LogP contribution in [0.15, 0.2) is 55.0 Å². The van der Waals surface area contributed by atoms with Crippen LogP contribution in [0.2, 0.25) is 5.02 Å². The smallest absolute Gasteiger partial charge is 0.262 e. The Morgan fingerprint density at radius 1 is 0.868 bits per heavy atom. The van der Waals surface area contributed by atoms with Crippen LogP contribution in [-0.4, -0.2) is 161 Å². The lowest BCUT2D eigenvalue weighted by atomic mass is 9.99. The molecule has 2 fully saturated rings. The Kier molecular flexibility index (Phi) is 17.9. The number of nitrogens with zero attached hydrogens (tertiary/aromatic N) is 4. The zero-order chi connectivity index (χ0) is 48.2. The van der Waals surface area contributed by atoms with Gasteiger partial charge in [-0.15, -0.1) is 0 Å². The number of carbonyl (C=O) groups excluding carboxylic acids is 5. The second-order valence-electron chi connectivity index (χ2n) is 16.2. The molecule has 3 aliphatic rings. The number of fused-ring (bicyclic) bond motifs is 2. The molecule has 6 N–H and O–H groups in total. The number of nitrogen functional groups attached to an aromatic ring is 1. The van der Waals surface area contributed by atoms with E-state index in [9.17, 15) is 39.3 Å². The number of aliphatic hydroxyl groups excluding tert-OH is 3. The van der Waals surface area contributed by atoms with Crippen LogP contribution in [0.4, 0.5) is 5.82 Å². The molecule has 3 aliphatic heterocycles. The van der Waals surface area contributed by atoms with Crippen molar-refractivity contribution in [2.24, 2.45) is 0 Å². The maximum absolute atomic E-state index is 13.2. The number of piperidine rings is 1. The lowest BCUT2D eigenvalue weighted by molar-refractivity contribution is -0.136. The molecule has 22 heteroatoms. The maximum atomic E-state index is 13.2. The van der Waals surface area contributed by atoms with Crippen LogP contribution in [0.5, 0.6) is 5.75 Å². The number of rotatable bonds is 27. The van der Waals surface area contributed by atoms with Crippen LogP contribution in [-0.2, 0) is 49.2 Å². The molecule has 0 bridgehead atoms. The summed E-state index contributed by atoms with van der Waals surface area (Å²) in [6, 6.07) is 10.2. The van der Waals surface area contributed by atoms with Crippen LogP contribution >= 0.6 is 11.6 Å². The third-order valence-electron chi connectivity index (χ3n) is 11.6. The number of ether oxygens (including phenoxy) is 7. The van der Waals surface area contributed by atoms with Gasteiger partial charge in [0.1, 0.15) is 60.6 Å². The van der Waals surface area contributed by atoms with E-state index in [1.165, 1.54) is 29.1 Å². The molecule has 7 rings (SSSR count). The highest BCUT2D eigenvalue weighted by molar-refractivity contribution is 6.32. The highest BCUT2D eigenvalue weighted by Gasteiger charge is 2.48. The number of Topliss-reactive ketones (excluding diaryl/α,β-unsaturated/α-hetero) is 1. The highest BCUT2D eigenvalue weighted by atomic mass is 35.5. The first kappa shape index (κ1) is 50.4. The fourth-order valence-corrected chi connectivity index (χ4v) is 8.29. The number of benzene rings is 2. The predicted molar refractivity (Wildman–Crippen MR) is 240 cm³/mol. The van der Waals surface area contributed by atoms with Gasteiger partial charge in [-0.05, 0) is 61.1 Å². The van der Waals surface area contributed by atoms with Crippen molar-refractivity contribution in [2.75, 3.05) is 78.4 Å². The maximum Gasteiger partial charge on any atom is 0.262 e. The van der Waals surface area contributed by atoms with Crippen molar-refractivity contribution in [2.45, 2.75) is 75.2 Å². The van der Waals surface area contributed by atoms with E-state index in [2.05, 4.69) is 15.3 Å². The second-order valence-corrected chi connectivity index (χ2v) is 16.6. The molecule has 6 atom stereocenters. The number of aryl methyl sites for hydroxylation is 1. The normalized spacial score (nSPS) is 20.9. The van der Waals surface area contributed by atoms with Gasteiger partial charge in [0.25, 0.3) is 11.8 Å². The minimum absolute atomic E-state index is 0.0623. The Balaban J connectivity index is 0.672. The van der Waals surface area contributed by atoms with Crippen molar-refractivity contribution in [3.8, 4) is 5.75 Å². The summed E-state index contributed by atoms with van der Waals surface area (Å²) in [4.78, 5) is 71.9. The van der Waals surface area contributed by atoms with Crippen molar-refractivity contribution in [3.63, 3.8) is 0 Å². The summed E-state index contributed by atoms with van der Waals surface area (Å²) in [5, 5.41) is 35.8. The SMILES string of the molecule is Nc1ncnc2c1ccn2[C@@H]1O[C@H]([C@H](O)c2ccc(Cl)c(OCC(=O)CCCOCCOCCOCCOCCOCCCc3cccc4c3C(=O)N(C3CCC(=O)NC3=O)C4=O)c2)[C@@H](O)[C@H]1O. The molecule has 0 radical (unpaired) electrons. The van der Waals surface area contributed by atoms with Gasteiger partial charge in [0.05, 0.1) is 74.4 Å². The second kappa shape index (κ2) is 24.2. The molecular weight excluding hydrogens is 912 g/mol. The third kappa shape index (κ3) is 12.2. The number of hydrogen-bond donors (Lipinski definition) is 5. The van der Waals surface area contributed by atoms with E-state index in [1.54, 1.807) is 30.5 Å². The molecule has 2 aromatic carbocycles. The lowest BCUT2D eigenvalue weighted by Crippen LogP contribution is -2.54. The van der Waals surface area contributed by atoms with E-state index >= 15 is 0 Å². The molecule has 4 aromatic rings. The summed E-state index contributed by atoms with van der Waals surface area (Å²) in [6.45, 7) is 3.44. The van der Waals surface area contributed by atoms with Crippen LogP contribution in [0.1, 0.15) is 76.3 Å². The molecule has 0 aliphatic carbocycles. The first-order valence-electron chi connectivity index (χ1n) is 22.4. The zero-order valence-electron chi connectivity index (χ0n) is 37.2. The quantitative estimate of drug-likeness (QED) is 0.0421. The summed E-state index contributed by atoms with van der Waals surface area (Å²) in [6.07, 6.45) is -1.72. The number of aromatic nitrogens is 3. The number of aliphatic hydroxyl groups is 3. The van der Waals surface area contributed by atoms with Crippen LogP contribution < -0.4 is 15.8 Å². The molecule has 2 saturated heterocycles. The average Bonchev–Trinajstić information content (AvgIpc) is 3.97. The number of imide groups is 2. The van der Waals surface area contributed by atoms with E-state index < -0.39 is 60.3 Å². The predicted octanol–water partition coefficient (Wildman–Crippen LogP) is 1.86. The van der Waals surface area contributed by atoms with Crippen LogP contribution in [0.25, 0.3) is 11.0 Å². The molecule has 4 amide bonds. The number of nitrogens with one attached hydrogen (secondary N) is 1. The fourth-order valence-electron chi connectivity index (χ4n) is 8.12. The molecule has 21 nitrogen and oxygen atoms in total. The standard InChI is InChI=1S/C46H55ClN6O15/c47-32-9-8-28(37(56)40-38(57)39(58)46(68-40)52-13-12-31-41(48)49-26-50-42(31)52)24-34(32)67-25-29(54)6-3-15-63-17-19-65-21-23-66-22-20-64-18-16-62-14-2-5-27-4-1-7-30-36(27)45(61)53(44(30)60)33-10-11-35(55)51-43(33)59/h1,4,7-9,12-13,24,26,33,37-40,46,56-58H,2-3,5-6,10-11,14-23,25H2,(H2,48,49,50)(H,51,55,59)/t33?,37-,38+,39-,40-,46-/m1/s1. The summed E-state index contributed by atoms with van der Waals surface area (Å²) in [5.74, 6) is -1.89. The van der Waals surface area contributed by atoms with E-state index in [0.717, 1.165) is 4.90 Å². The fraction of sp³-hybridized carbons (Fsp3) is 0.500. The monoisotopic (exact) mass is 966 g/mol. The first-order valence-corrected chi connectivity index (χ1v) is 22.7. The van der Waals surface area contributed by atoms with Gasteiger partial charge in [0.2, 0.25) is 11.8 Å². The van der Waals surface area contributed by atoms with Crippen molar-refractivity contribution in [1.82, 2.24) is 24.8 Å². The Hall–Kier alpha value is -5.46. The minimum Gasteiger partial charge on any atom is -0.484 e. The lowest BCUT2D eigenvalue weighted by Gasteiger charge is -2.27. The molecule has 1 unspecified atom stereocenters. The molecule has 0 spiro atoms. The average molecular weight is 967 g/mol. The van der Waals surface area contributed by atoms with E-state index in [1.807, 2.05) is 0 Å². The highest BCUT2D eigenvalue weighted by Crippen LogP contribution is 2.39. The van der Waals surface area contributed by atoms with E-state index in [-0.39, 0.29) is 59.4 Å². The van der Waals surface area contributed by atoms with Gasteiger partial charge in [-0.3, -0.25) is 34.2 Å². The molecular formula is C46H55ClN6O15. The summed E-state index contributed by atoms with van der Waals surface area (Å²) in [7, 11) is 0.